The molecule has 2 aromatic heterocycles. The van der Waals surface area contributed by atoms with Crippen molar-refractivity contribution in [1.29, 1.82) is 0 Å². The first-order valence-corrected chi connectivity index (χ1v) is 15.6. The van der Waals surface area contributed by atoms with Gasteiger partial charge in [-0.25, -0.2) is 13.4 Å². The fourth-order valence-electron chi connectivity index (χ4n) is 5.31. The number of aryl methyl sites for hydroxylation is 1. The Bertz CT molecular complexity index is 1650. The topological polar surface area (TPSA) is 78.8 Å². The highest BCUT2D eigenvalue weighted by Crippen LogP contribution is 2.36. The first-order chi connectivity index (χ1) is 18.2. The molecule has 8 nitrogen and oxygen atoms in total. The molecular formula is C27H28ClN5O3S2. The standard InChI is InChI=1S/C27H28ClN5O3S2/c1-30-23-6-4-3-5-22(23)29-26(30)20-16-19(7-8-21(20)28)32-10-9-24-18(17-32)15-25(37-24)27(34)31-11-13-33(14-12-31)38(2,35)36/h3-8,15-16H,9-14,17H2,1-2H3. The molecule has 0 aliphatic carbocycles. The molecule has 0 radical (unpaired) electrons. The van der Waals surface area contributed by atoms with Gasteiger partial charge in [0.05, 0.1) is 27.2 Å². The Morgan fingerprint density at radius 1 is 1.03 bits per heavy atom. The van der Waals surface area contributed by atoms with Crippen LogP contribution in [0.4, 0.5) is 5.69 Å². The Kier molecular flexibility index (Phi) is 6.46. The number of sulfonamides is 1. The summed E-state index contributed by atoms with van der Waals surface area (Å²) in [6, 6.07) is 16.1. The van der Waals surface area contributed by atoms with E-state index in [4.69, 9.17) is 16.6 Å². The minimum Gasteiger partial charge on any atom is -0.367 e. The number of carbonyl (C=O) groups excluding carboxylic acids is 1. The van der Waals surface area contributed by atoms with Crippen LogP contribution in [0.15, 0.2) is 48.5 Å². The molecule has 0 spiro atoms. The van der Waals surface area contributed by atoms with E-state index in [1.54, 1.807) is 16.2 Å². The smallest absolute Gasteiger partial charge is 0.264 e. The summed E-state index contributed by atoms with van der Waals surface area (Å²) in [5.74, 6) is 0.815. The van der Waals surface area contributed by atoms with Crippen LogP contribution < -0.4 is 4.90 Å². The lowest BCUT2D eigenvalue weighted by molar-refractivity contribution is 0.0703. The van der Waals surface area contributed by atoms with Gasteiger partial charge in [0.1, 0.15) is 5.82 Å². The van der Waals surface area contributed by atoms with E-state index in [0.29, 0.717) is 37.7 Å². The van der Waals surface area contributed by atoms with E-state index in [9.17, 15) is 13.2 Å². The van der Waals surface area contributed by atoms with E-state index in [1.165, 1.54) is 21.0 Å². The van der Waals surface area contributed by atoms with Gasteiger partial charge in [-0.3, -0.25) is 4.79 Å². The van der Waals surface area contributed by atoms with Gasteiger partial charge in [-0.15, -0.1) is 11.3 Å². The van der Waals surface area contributed by atoms with Gasteiger partial charge in [-0.05, 0) is 48.4 Å². The summed E-state index contributed by atoms with van der Waals surface area (Å²) in [4.78, 5) is 24.1. The number of piperazine rings is 1. The summed E-state index contributed by atoms with van der Waals surface area (Å²) in [7, 11) is -1.22. The molecule has 0 unspecified atom stereocenters. The highest BCUT2D eigenvalue weighted by atomic mass is 35.5. The van der Waals surface area contributed by atoms with Crippen molar-refractivity contribution in [3.05, 3.63) is 68.9 Å². The molecule has 0 N–H and O–H groups in total. The fraction of sp³-hybridized carbons (Fsp3) is 0.333. The number of nitrogens with zero attached hydrogens (tertiary/aromatic N) is 5. The Morgan fingerprint density at radius 3 is 2.53 bits per heavy atom. The third kappa shape index (κ3) is 4.59. The predicted molar refractivity (Wildman–Crippen MR) is 153 cm³/mol. The normalized spacial score (nSPS) is 16.7. The van der Waals surface area contributed by atoms with Gasteiger partial charge in [0, 0.05) is 62.4 Å². The van der Waals surface area contributed by atoms with E-state index < -0.39 is 10.0 Å². The van der Waals surface area contributed by atoms with Crippen LogP contribution in [-0.4, -0.2) is 72.1 Å². The lowest BCUT2D eigenvalue weighted by Gasteiger charge is -2.33. The van der Waals surface area contributed by atoms with E-state index in [1.807, 2.05) is 43.4 Å². The second-order valence-corrected chi connectivity index (χ2v) is 13.4. The molecule has 2 aromatic carbocycles. The number of carbonyl (C=O) groups is 1. The van der Waals surface area contributed by atoms with Crippen molar-refractivity contribution in [1.82, 2.24) is 18.8 Å². The van der Waals surface area contributed by atoms with Crippen molar-refractivity contribution in [3.8, 4) is 11.4 Å². The highest BCUT2D eigenvalue weighted by molar-refractivity contribution is 7.88. The van der Waals surface area contributed by atoms with E-state index in [0.717, 1.165) is 46.0 Å². The number of benzene rings is 2. The Labute approximate surface area is 231 Å². The van der Waals surface area contributed by atoms with Crippen LogP contribution >= 0.6 is 22.9 Å². The summed E-state index contributed by atoms with van der Waals surface area (Å²) < 4.78 is 27.1. The molecule has 0 saturated carbocycles. The molecule has 38 heavy (non-hydrogen) atoms. The minimum atomic E-state index is -3.23. The maximum atomic E-state index is 13.2. The number of aromatic nitrogens is 2. The van der Waals surface area contributed by atoms with Crippen molar-refractivity contribution in [2.75, 3.05) is 43.9 Å². The summed E-state index contributed by atoms with van der Waals surface area (Å²) >= 11 is 8.21. The SMILES string of the molecule is Cn1c(-c2cc(N3CCc4sc(C(=O)N5CCN(S(C)(=O)=O)CC5)cc4C3)ccc2Cl)nc2ccccc21. The lowest BCUT2D eigenvalue weighted by Crippen LogP contribution is -2.50. The molecule has 1 fully saturated rings. The largest absolute Gasteiger partial charge is 0.367 e. The number of rotatable bonds is 4. The van der Waals surface area contributed by atoms with Gasteiger partial charge in [-0.1, -0.05) is 23.7 Å². The lowest BCUT2D eigenvalue weighted by atomic mass is 10.1. The fourth-order valence-corrected chi connectivity index (χ4v) is 7.46. The molecule has 198 valence electrons. The third-order valence-electron chi connectivity index (χ3n) is 7.42. The zero-order valence-electron chi connectivity index (χ0n) is 21.2. The molecule has 0 atom stereocenters. The molecule has 1 amide bonds. The number of amides is 1. The average molecular weight is 570 g/mol. The van der Waals surface area contributed by atoms with Gasteiger partial charge in [-0.2, -0.15) is 4.31 Å². The average Bonchev–Trinajstić information content (AvgIpc) is 3.49. The number of halogens is 1. The summed E-state index contributed by atoms with van der Waals surface area (Å²) in [6.07, 6.45) is 2.07. The second-order valence-electron chi connectivity index (χ2n) is 9.83. The molecule has 4 aromatic rings. The molecule has 2 aliphatic rings. The first kappa shape index (κ1) is 25.4. The van der Waals surface area contributed by atoms with Crippen molar-refractivity contribution in [2.24, 2.45) is 7.05 Å². The molecular weight excluding hydrogens is 542 g/mol. The summed E-state index contributed by atoms with van der Waals surface area (Å²) in [6.45, 7) is 3.07. The second kappa shape index (κ2) is 9.68. The van der Waals surface area contributed by atoms with Crippen LogP contribution in [-0.2, 0) is 30.0 Å². The molecule has 0 bridgehead atoms. The van der Waals surface area contributed by atoms with Crippen molar-refractivity contribution in [3.63, 3.8) is 0 Å². The summed E-state index contributed by atoms with van der Waals surface area (Å²) in [5, 5.41) is 0.657. The van der Waals surface area contributed by atoms with Crippen molar-refractivity contribution >= 4 is 55.6 Å². The van der Waals surface area contributed by atoms with Gasteiger partial charge in [0.2, 0.25) is 10.0 Å². The number of fused-ring (bicyclic) bond motifs is 2. The van der Waals surface area contributed by atoms with E-state index in [-0.39, 0.29) is 5.91 Å². The van der Waals surface area contributed by atoms with Crippen molar-refractivity contribution in [2.45, 2.75) is 13.0 Å². The van der Waals surface area contributed by atoms with Gasteiger partial charge in [0.15, 0.2) is 0 Å². The molecule has 6 rings (SSSR count). The van der Waals surface area contributed by atoms with Crippen molar-refractivity contribution < 1.29 is 13.2 Å². The Morgan fingerprint density at radius 2 is 1.79 bits per heavy atom. The van der Waals surface area contributed by atoms with Gasteiger partial charge < -0.3 is 14.4 Å². The van der Waals surface area contributed by atoms with Crippen LogP contribution in [0.2, 0.25) is 5.02 Å². The van der Waals surface area contributed by atoms with E-state index in [2.05, 4.69) is 21.6 Å². The van der Waals surface area contributed by atoms with Gasteiger partial charge in [0.25, 0.3) is 5.91 Å². The molecule has 11 heteroatoms. The van der Waals surface area contributed by atoms with E-state index >= 15 is 0 Å². The number of anilines is 1. The monoisotopic (exact) mass is 569 g/mol. The van der Waals surface area contributed by atoms with Gasteiger partial charge >= 0.3 is 0 Å². The molecule has 1 saturated heterocycles. The zero-order chi connectivity index (χ0) is 26.6. The third-order valence-corrected chi connectivity index (χ3v) is 10.3. The van der Waals surface area contributed by atoms with Crippen LogP contribution in [0, 0.1) is 0 Å². The minimum absolute atomic E-state index is 0.0141. The Hall–Kier alpha value is -2.92. The number of para-hydroxylation sites is 2. The molecule has 4 heterocycles. The Balaban J connectivity index is 1.21. The summed E-state index contributed by atoms with van der Waals surface area (Å²) in [5.41, 5.74) is 5.11. The number of thiophene rings is 1. The van der Waals surface area contributed by atoms with Crippen LogP contribution in [0.25, 0.3) is 22.4 Å². The number of hydrogen-bond donors (Lipinski definition) is 0. The van der Waals surface area contributed by atoms with Crippen LogP contribution in [0.1, 0.15) is 20.1 Å². The number of hydrogen-bond acceptors (Lipinski definition) is 6. The highest BCUT2D eigenvalue weighted by Gasteiger charge is 2.29. The maximum Gasteiger partial charge on any atom is 0.264 e. The number of imidazole rings is 1. The maximum absolute atomic E-state index is 13.2. The van der Waals surface area contributed by atoms with Crippen LogP contribution in [0.3, 0.4) is 0 Å². The first-order valence-electron chi connectivity index (χ1n) is 12.5. The predicted octanol–water partition coefficient (Wildman–Crippen LogP) is 4.24. The zero-order valence-corrected chi connectivity index (χ0v) is 23.6. The quantitative estimate of drug-likeness (QED) is 0.367. The van der Waals surface area contributed by atoms with Crippen LogP contribution in [0.5, 0.6) is 0 Å². The molecule has 2 aliphatic heterocycles.